The Morgan fingerprint density at radius 2 is 2.53 bits per heavy atom. The van der Waals surface area contributed by atoms with E-state index in [-0.39, 0.29) is 0 Å². The molecule has 4 nitrogen and oxygen atoms in total. The van der Waals surface area contributed by atoms with Gasteiger partial charge in [-0.25, -0.2) is 4.98 Å². The Labute approximate surface area is 89.6 Å². The second-order valence-electron chi connectivity index (χ2n) is 3.62. The average molecular weight is 208 g/mol. The van der Waals surface area contributed by atoms with Crippen molar-refractivity contribution in [3.8, 4) is 11.6 Å². The van der Waals surface area contributed by atoms with Crippen molar-refractivity contribution in [3.05, 3.63) is 18.3 Å². The van der Waals surface area contributed by atoms with E-state index in [0.29, 0.717) is 24.3 Å². The molecule has 1 atom stereocenters. The number of nitrogens with zero attached hydrogens (tertiary/aromatic N) is 1. The van der Waals surface area contributed by atoms with Gasteiger partial charge in [0.25, 0.3) is 5.88 Å². The van der Waals surface area contributed by atoms with E-state index in [4.69, 9.17) is 9.47 Å². The number of pyridine rings is 1. The molecule has 4 heteroatoms. The first-order chi connectivity index (χ1) is 7.40. The molecule has 0 amide bonds. The van der Waals surface area contributed by atoms with Crippen molar-refractivity contribution in [3.63, 3.8) is 0 Å². The van der Waals surface area contributed by atoms with Gasteiger partial charge in [0.1, 0.15) is 6.61 Å². The van der Waals surface area contributed by atoms with Crippen LogP contribution in [0.1, 0.15) is 12.8 Å². The summed E-state index contributed by atoms with van der Waals surface area (Å²) in [6.45, 7) is 1.75. The molecule has 15 heavy (non-hydrogen) atoms. The minimum absolute atomic E-state index is 0.455. The van der Waals surface area contributed by atoms with Crippen molar-refractivity contribution in [2.24, 2.45) is 0 Å². The van der Waals surface area contributed by atoms with Gasteiger partial charge in [-0.2, -0.15) is 0 Å². The van der Waals surface area contributed by atoms with E-state index in [1.807, 2.05) is 12.1 Å². The summed E-state index contributed by atoms with van der Waals surface area (Å²) in [6, 6.07) is 4.14. The van der Waals surface area contributed by atoms with Gasteiger partial charge in [0, 0.05) is 12.2 Å². The average Bonchev–Trinajstić information content (AvgIpc) is 2.79. The largest absolute Gasteiger partial charge is 0.491 e. The highest BCUT2D eigenvalue weighted by molar-refractivity contribution is 5.32. The lowest BCUT2D eigenvalue weighted by molar-refractivity contribution is 0.252. The van der Waals surface area contributed by atoms with Gasteiger partial charge in [0.05, 0.1) is 7.11 Å². The molecule has 0 bridgehead atoms. The minimum Gasteiger partial charge on any atom is -0.491 e. The second kappa shape index (κ2) is 4.98. The third-order valence-corrected chi connectivity index (χ3v) is 2.54. The Hall–Kier alpha value is -1.29. The van der Waals surface area contributed by atoms with Crippen LogP contribution in [0.25, 0.3) is 0 Å². The summed E-state index contributed by atoms with van der Waals surface area (Å²) in [5, 5.41) is 3.37. The molecule has 1 aliphatic heterocycles. The summed E-state index contributed by atoms with van der Waals surface area (Å²) in [6.07, 6.45) is 4.11. The van der Waals surface area contributed by atoms with Crippen molar-refractivity contribution >= 4 is 0 Å². The zero-order valence-corrected chi connectivity index (χ0v) is 8.90. The number of hydrogen-bond donors (Lipinski definition) is 1. The molecule has 0 aromatic carbocycles. The van der Waals surface area contributed by atoms with Crippen LogP contribution >= 0.6 is 0 Å². The number of aromatic nitrogens is 1. The van der Waals surface area contributed by atoms with Crippen molar-refractivity contribution in [2.45, 2.75) is 18.9 Å². The van der Waals surface area contributed by atoms with Crippen LogP contribution in [0.4, 0.5) is 0 Å². The molecular formula is C11H16N2O2. The number of rotatable bonds is 4. The fraction of sp³-hybridized carbons (Fsp3) is 0.545. The predicted molar refractivity (Wildman–Crippen MR) is 57.3 cm³/mol. The Bertz CT molecular complexity index is 311. The van der Waals surface area contributed by atoms with Crippen molar-refractivity contribution < 1.29 is 9.47 Å². The summed E-state index contributed by atoms with van der Waals surface area (Å²) in [5.41, 5.74) is 0. The maximum Gasteiger partial charge on any atom is 0.257 e. The van der Waals surface area contributed by atoms with Gasteiger partial charge in [-0.05, 0) is 31.5 Å². The molecule has 1 unspecified atom stereocenters. The maximum absolute atomic E-state index is 5.61. The maximum atomic E-state index is 5.61. The molecule has 2 rings (SSSR count). The number of methoxy groups -OCH3 is 1. The molecule has 1 N–H and O–H groups in total. The Morgan fingerprint density at radius 1 is 1.60 bits per heavy atom. The monoisotopic (exact) mass is 208 g/mol. The van der Waals surface area contributed by atoms with E-state index >= 15 is 0 Å². The summed E-state index contributed by atoms with van der Waals surface area (Å²) >= 11 is 0. The first-order valence-corrected chi connectivity index (χ1v) is 5.25. The summed E-state index contributed by atoms with van der Waals surface area (Å²) in [4.78, 5) is 4.14. The van der Waals surface area contributed by atoms with Crippen LogP contribution in [0.5, 0.6) is 11.6 Å². The summed E-state index contributed by atoms with van der Waals surface area (Å²) < 4.78 is 10.8. The van der Waals surface area contributed by atoms with Crippen LogP contribution in [-0.4, -0.2) is 31.3 Å². The molecule has 0 spiro atoms. The molecule has 82 valence electrons. The van der Waals surface area contributed by atoms with E-state index in [2.05, 4.69) is 10.3 Å². The fourth-order valence-electron chi connectivity index (χ4n) is 1.72. The highest BCUT2D eigenvalue weighted by Crippen LogP contribution is 2.23. The molecular weight excluding hydrogens is 192 g/mol. The Morgan fingerprint density at radius 3 is 3.27 bits per heavy atom. The van der Waals surface area contributed by atoms with E-state index in [9.17, 15) is 0 Å². The number of ether oxygens (including phenoxy) is 2. The van der Waals surface area contributed by atoms with Crippen LogP contribution in [0.2, 0.25) is 0 Å². The smallest absolute Gasteiger partial charge is 0.257 e. The number of hydrogen-bond acceptors (Lipinski definition) is 4. The van der Waals surface area contributed by atoms with Gasteiger partial charge in [0.2, 0.25) is 0 Å². The molecule has 0 aliphatic carbocycles. The fourth-order valence-corrected chi connectivity index (χ4v) is 1.72. The quantitative estimate of drug-likeness (QED) is 0.808. The molecule has 0 radical (unpaired) electrons. The van der Waals surface area contributed by atoms with Gasteiger partial charge in [-0.15, -0.1) is 0 Å². The highest BCUT2D eigenvalue weighted by Gasteiger charge is 2.15. The lowest BCUT2D eigenvalue weighted by atomic mass is 10.2. The molecule has 2 heterocycles. The highest BCUT2D eigenvalue weighted by atomic mass is 16.5. The summed E-state index contributed by atoms with van der Waals surface area (Å²) in [7, 11) is 1.62. The van der Waals surface area contributed by atoms with Crippen LogP contribution in [0.3, 0.4) is 0 Å². The molecule has 1 aromatic rings. The van der Waals surface area contributed by atoms with Crippen LogP contribution in [-0.2, 0) is 0 Å². The lowest BCUT2D eigenvalue weighted by Crippen LogP contribution is -2.28. The van der Waals surface area contributed by atoms with Gasteiger partial charge in [-0.3, -0.25) is 0 Å². The Kier molecular flexibility index (Phi) is 3.40. The second-order valence-corrected chi connectivity index (χ2v) is 3.62. The molecule has 1 aliphatic rings. The third kappa shape index (κ3) is 2.59. The molecule has 0 saturated carbocycles. The van der Waals surface area contributed by atoms with Crippen LogP contribution in [0, 0.1) is 0 Å². The molecule has 1 saturated heterocycles. The number of nitrogens with one attached hydrogen (secondary N) is 1. The van der Waals surface area contributed by atoms with E-state index < -0.39 is 0 Å². The van der Waals surface area contributed by atoms with Crippen molar-refractivity contribution in [1.29, 1.82) is 0 Å². The van der Waals surface area contributed by atoms with Crippen molar-refractivity contribution in [2.75, 3.05) is 20.3 Å². The van der Waals surface area contributed by atoms with Crippen LogP contribution < -0.4 is 14.8 Å². The van der Waals surface area contributed by atoms with E-state index in [0.717, 1.165) is 6.54 Å². The topological polar surface area (TPSA) is 43.4 Å². The van der Waals surface area contributed by atoms with Gasteiger partial charge in [-0.1, -0.05) is 0 Å². The standard InChI is InChI=1S/C11H16N2O2/c1-14-10-5-3-7-13-11(10)15-8-9-4-2-6-12-9/h3,5,7,9,12H,2,4,6,8H2,1H3. The third-order valence-electron chi connectivity index (χ3n) is 2.54. The first-order valence-electron chi connectivity index (χ1n) is 5.25. The van der Waals surface area contributed by atoms with E-state index in [1.165, 1.54) is 12.8 Å². The molecule has 1 aromatic heterocycles. The van der Waals surface area contributed by atoms with Gasteiger partial charge < -0.3 is 14.8 Å². The minimum atomic E-state index is 0.455. The van der Waals surface area contributed by atoms with E-state index in [1.54, 1.807) is 13.3 Å². The van der Waals surface area contributed by atoms with Gasteiger partial charge >= 0.3 is 0 Å². The first kappa shape index (κ1) is 10.2. The Balaban J connectivity index is 1.91. The zero-order valence-electron chi connectivity index (χ0n) is 8.90. The van der Waals surface area contributed by atoms with Crippen LogP contribution in [0.15, 0.2) is 18.3 Å². The zero-order chi connectivity index (χ0) is 10.5. The van der Waals surface area contributed by atoms with Crippen molar-refractivity contribution in [1.82, 2.24) is 10.3 Å². The predicted octanol–water partition coefficient (Wildman–Crippen LogP) is 1.22. The normalized spacial score (nSPS) is 20.2. The lowest BCUT2D eigenvalue weighted by Gasteiger charge is -2.12. The summed E-state index contributed by atoms with van der Waals surface area (Å²) in [5.74, 6) is 1.27. The molecule has 1 fully saturated rings. The van der Waals surface area contributed by atoms with Gasteiger partial charge in [0.15, 0.2) is 5.75 Å². The SMILES string of the molecule is COc1cccnc1OCC1CCCN1.